The van der Waals surface area contributed by atoms with Crippen LogP contribution in [0.25, 0.3) is 0 Å². The monoisotopic (exact) mass is 299 g/mol. The van der Waals surface area contributed by atoms with Gasteiger partial charge in [-0.3, -0.25) is 10.1 Å². The van der Waals surface area contributed by atoms with Crippen LogP contribution in [0.1, 0.15) is 0 Å². The second-order valence-corrected chi connectivity index (χ2v) is 5.92. The molecule has 0 spiro atoms. The van der Waals surface area contributed by atoms with Crippen molar-refractivity contribution in [3.8, 4) is 0 Å². The van der Waals surface area contributed by atoms with E-state index in [2.05, 4.69) is 25.5 Å². The molecule has 0 fully saturated rings. The number of amides is 1. The van der Waals surface area contributed by atoms with Crippen LogP contribution in [-0.2, 0) is 4.79 Å². The van der Waals surface area contributed by atoms with Crippen molar-refractivity contribution in [2.75, 3.05) is 17.3 Å². The van der Waals surface area contributed by atoms with Crippen LogP contribution in [0, 0.1) is 0 Å². The van der Waals surface area contributed by atoms with Gasteiger partial charge in [0.15, 0.2) is 9.50 Å². The van der Waals surface area contributed by atoms with E-state index in [1.54, 1.807) is 18.5 Å². The van der Waals surface area contributed by atoms with E-state index in [0.29, 0.717) is 10.3 Å². The Bertz CT molecular complexity index is 518. The third kappa shape index (κ3) is 3.93. The fourth-order valence-corrected chi connectivity index (χ4v) is 2.78. The van der Waals surface area contributed by atoms with E-state index in [1.807, 2.05) is 6.26 Å². The Morgan fingerprint density at radius 1 is 1.39 bits per heavy atom. The van der Waals surface area contributed by atoms with Crippen molar-refractivity contribution in [3.05, 3.63) is 18.5 Å². The highest BCUT2D eigenvalue weighted by atomic mass is 32.2. The van der Waals surface area contributed by atoms with Gasteiger partial charge in [0.05, 0.1) is 5.75 Å². The number of anilines is 1. The van der Waals surface area contributed by atoms with Crippen molar-refractivity contribution in [1.29, 1.82) is 0 Å². The fraction of sp³-hybridized carbons (Fsp3) is 0.222. The van der Waals surface area contributed by atoms with Crippen LogP contribution < -0.4 is 5.32 Å². The minimum absolute atomic E-state index is 0.142. The Hall–Kier alpha value is -1.19. The van der Waals surface area contributed by atoms with Crippen LogP contribution in [0.5, 0.6) is 0 Å². The predicted molar refractivity (Wildman–Crippen MR) is 73.1 cm³/mol. The Morgan fingerprint density at radius 2 is 2.17 bits per heavy atom. The van der Waals surface area contributed by atoms with Gasteiger partial charge < -0.3 is 0 Å². The molecule has 2 heterocycles. The molecule has 0 saturated heterocycles. The van der Waals surface area contributed by atoms with E-state index in [9.17, 15) is 4.79 Å². The summed E-state index contributed by atoms with van der Waals surface area (Å²) in [4.78, 5) is 19.7. The second kappa shape index (κ2) is 6.66. The lowest BCUT2D eigenvalue weighted by atomic mass is 10.7. The Kier molecular flexibility index (Phi) is 4.90. The van der Waals surface area contributed by atoms with Gasteiger partial charge in [0.1, 0.15) is 0 Å². The third-order valence-corrected chi connectivity index (χ3v) is 4.39. The molecule has 94 valence electrons. The molecule has 6 nitrogen and oxygen atoms in total. The largest absolute Gasteiger partial charge is 0.300 e. The lowest BCUT2D eigenvalue weighted by Gasteiger charge is -1.99. The molecule has 0 aliphatic carbocycles. The summed E-state index contributed by atoms with van der Waals surface area (Å²) in [6.07, 6.45) is 5.19. The number of thioether (sulfide) groups is 2. The van der Waals surface area contributed by atoms with Gasteiger partial charge in [0, 0.05) is 12.4 Å². The highest BCUT2D eigenvalue weighted by Gasteiger charge is 2.08. The summed E-state index contributed by atoms with van der Waals surface area (Å²) in [5.41, 5.74) is 0. The topological polar surface area (TPSA) is 80.7 Å². The van der Waals surface area contributed by atoms with Crippen molar-refractivity contribution in [3.63, 3.8) is 0 Å². The standard InChI is InChI=1S/C9H9N5OS3/c1-16-9-14-13-8(18-9)12-6(15)5-17-7-10-3-2-4-11-7/h2-4H,5H2,1H3,(H,12,13,15). The van der Waals surface area contributed by atoms with Crippen molar-refractivity contribution < 1.29 is 4.79 Å². The van der Waals surface area contributed by atoms with E-state index in [4.69, 9.17) is 0 Å². The molecule has 0 bridgehead atoms. The maximum atomic E-state index is 11.6. The lowest BCUT2D eigenvalue weighted by Crippen LogP contribution is -2.14. The Balaban J connectivity index is 1.82. The molecule has 1 N–H and O–H groups in total. The lowest BCUT2D eigenvalue weighted by molar-refractivity contribution is -0.113. The smallest absolute Gasteiger partial charge is 0.236 e. The van der Waals surface area contributed by atoms with Crippen LogP contribution >= 0.6 is 34.9 Å². The van der Waals surface area contributed by atoms with Gasteiger partial charge >= 0.3 is 0 Å². The quantitative estimate of drug-likeness (QED) is 0.512. The molecule has 0 atom stereocenters. The highest BCUT2D eigenvalue weighted by molar-refractivity contribution is 8.00. The first-order valence-corrected chi connectivity index (χ1v) is 7.88. The second-order valence-electron chi connectivity index (χ2n) is 2.95. The molecule has 0 aliphatic rings. The number of nitrogens with zero attached hydrogens (tertiary/aromatic N) is 4. The molecule has 0 aliphatic heterocycles. The van der Waals surface area contributed by atoms with Gasteiger partial charge in [-0.15, -0.1) is 10.2 Å². The molecule has 9 heteroatoms. The molecule has 2 aromatic heterocycles. The first-order chi connectivity index (χ1) is 8.78. The van der Waals surface area contributed by atoms with Crippen molar-refractivity contribution in [1.82, 2.24) is 20.2 Å². The minimum Gasteiger partial charge on any atom is -0.300 e. The van der Waals surface area contributed by atoms with Crippen LogP contribution in [-0.4, -0.2) is 38.1 Å². The Morgan fingerprint density at radius 3 is 2.83 bits per heavy atom. The third-order valence-electron chi connectivity index (χ3n) is 1.70. The molecular formula is C9H9N5OS3. The van der Waals surface area contributed by atoms with Gasteiger partial charge in [0.2, 0.25) is 11.0 Å². The summed E-state index contributed by atoms with van der Waals surface area (Å²) in [5.74, 6) is 0.106. The molecule has 0 unspecified atom stereocenters. The van der Waals surface area contributed by atoms with Gasteiger partial charge in [-0.1, -0.05) is 34.9 Å². The van der Waals surface area contributed by atoms with Crippen molar-refractivity contribution in [2.24, 2.45) is 0 Å². The van der Waals surface area contributed by atoms with E-state index < -0.39 is 0 Å². The average molecular weight is 299 g/mol. The van der Waals surface area contributed by atoms with Crippen LogP contribution in [0.3, 0.4) is 0 Å². The van der Waals surface area contributed by atoms with Crippen LogP contribution in [0.15, 0.2) is 28.0 Å². The molecule has 2 aromatic rings. The zero-order valence-corrected chi connectivity index (χ0v) is 11.8. The molecule has 18 heavy (non-hydrogen) atoms. The van der Waals surface area contributed by atoms with Gasteiger partial charge in [-0.2, -0.15) is 0 Å². The molecule has 2 rings (SSSR count). The summed E-state index contributed by atoms with van der Waals surface area (Å²) in [5, 5.41) is 11.5. The SMILES string of the molecule is CSc1nnc(NC(=O)CSc2ncccn2)s1. The highest BCUT2D eigenvalue weighted by Crippen LogP contribution is 2.23. The summed E-state index contributed by atoms with van der Waals surface area (Å²) in [6.45, 7) is 0. The summed E-state index contributed by atoms with van der Waals surface area (Å²) in [7, 11) is 0. The van der Waals surface area contributed by atoms with Crippen LogP contribution in [0.4, 0.5) is 5.13 Å². The first-order valence-electron chi connectivity index (χ1n) is 4.85. The van der Waals surface area contributed by atoms with E-state index in [0.717, 1.165) is 4.34 Å². The number of hydrogen-bond acceptors (Lipinski definition) is 8. The summed E-state index contributed by atoms with van der Waals surface area (Å²) >= 11 is 4.12. The number of carbonyl (C=O) groups excluding carboxylic acids is 1. The normalized spacial score (nSPS) is 10.3. The Labute approximate surface area is 116 Å². The molecule has 1 amide bonds. The maximum Gasteiger partial charge on any atom is 0.236 e. The van der Waals surface area contributed by atoms with Crippen LogP contribution in [0.2, 0.25) is 0 Å². The summed E-state index contributed by atoms with van der Waals surface area (Å²) < 4.78 is 0.823. The minimum atomic E-state index is -0.142. The molecule has 0 aromatic carbocycles. The van der Waals surface area contributed by atoms with Gasteiger partial charge in [-0.05, 0) is 12.3 Å². The maximum absolute atomic E-state index is 11.6. The average Bonchev–Trinajstić information content (AvgIpc) is 2.85. The molecular weight excluding hydrogens is 290 g/mol. The molecule has 0 radical (unpaired) electrons. The fourth-order valence-electron chi connectivity index (χ4n) is 0.988. The first kappa shape index (κ1) is 13.2. The number of aromatic nitrogens is 4. The van der Waals surface area contributed by atoms with E-state index >= 15 is 0 Å². The predicted octanol–water partition coefficient (Wildman–Crippen LogP) is 1.78. The number of hydrogen-bond donors (Lipinski definition) is 1. The van der Waals surface area contributed by atoms with Gasteiger partial charge in [-0.25, -0.2) is 9.97 Å². The van der Waals surface area contributed by atoms with E-state index in [1.165, 1.54) is 34.9 Å². The zero-order valence-electron chi connectivity index (χ0n) is 9.36. The summed E-state index contributed by atoms with van der Waals surface area (Å²) in [6, 6.07) is 1.73. The number of rotatable bonds is 5. The van der Waals surface area contributed by atoms with E-state index in [-0.39, 0.29) is 11.7 Å². The van der Waals surface area contributed by atoms with Crippen molar-refractivity contribution >= 4 is 45.9 Å². The number of nitrogens with one attached hydrogen (secondary N) is 1. The van der Waals surface area contributed by atoms with Crippen molar-refractivity contribution in [2.45, 2.75) is 9.50 Å². The van der Waals surface area contributed by atoms with Gasteiger partial charge in [0.25, 0.3) is 0 Å². The molecule has 0 saturated carbocycles. The number of carbonyl (C=O) groups is 1. The zero-order chi connectivity index (χ0) is 12.8.